The predicted molar refractivity (Wildman–Crippen MR) is 127 cm³/mol. The van der Waals surface area contributed by atoms with Gasteiger partial charge >= 0.3 is 12.3 Å². The standard InChI is InChI=1S/C26H48O6/c1-5-7-9-14-22(12-6-2)20-30-26(28)32-24-17-15-23(16-18-24)31-25(27)29-19-11-8-10-13-21(3)4/h21-24H,5-20H2,1-4H3. The van der Waals surface area contributed by atoms with Crippen molar-refractivity contribution in [3.63, 3.8) is 0 Å². The van der Waals surface area contributed by atoms with Gasteiger partial charge in [-0.05, 0) is 56.8 Å². The first-order chi connectivity index (χ1) is 15.4. The van der Waals surface area contributed by atoms with Gasteiger partial charge in [-0.1, -0.05) is 72.6 Å². The number of unbranched alkanes of at least 4 members (excludes halogenated alkanes) is 4. The molecule has 6 heteroatoms. The Hall–Kier alpha value is -1.46. The van der Waals surface area contributed by atoms with Crippen molar-refractivity contribution >= 4 is 12.3 Å². The van der Waals surface area contributed by atoms with Crippen LogP contribution in [0.1, 0.15) is 118 Å². The molecule has 0 radical (unpaired) electrons. The topological polar surface area (TPSA) is 71.1 Å². The monoisotopic (exact) mass is 456 g/mol. The normalized spacial score (nSPS) is 19.4. The summed E-state index contributed by atoms with van der Waals surface area (Å²) in [5.41, 5.74) is 0. The maximum absolute atomic E-state index is 12.1. The first kappa shape index (κ1) is 28.6. The maximum atomic E-state index is 12.1. The van der Waals surface area contributed by atoms with Crippen molar-refractivity contribution in [2.45, 2.75) is 130 Å². The summed E-state index contributed by atoms with van der Waals surface area (Å²) in [6.45, 7) is 9.65. The fourth-order valence-corrected chi connectivity index (χ4v) is 4.18. The molecule has 0 aromatic rings. The van der Waals surface area contributed by atoms with Crippen molar-refractivity contribution in [3.8, 4) is 0 Å². The van der Waals surface area contributed by atoms with Crippen molar-refractivity contribution in [1.29, 1.82) is 0 Å². The molecule has 0 heterocycles. The maximum Gasteiger partial charge on any atom is 0.508 e. The zero-order valence-electron chi connectivity index (χ0n) is 21.1. The van der Waals surface area contributed by atoms with E-state index in [9.17, 15) is 9.59 Å². The fourth-order valence-electron chi connectivity index (χ4n) is 4.18. The van der Waals surface area contributed by atoms with Crippen LogP contribution in [0.5, 0.6) is 0 Å². The SMILES string of the molecule is CCCCCC(CCC)COC(=O)OC1CCC(OC(=O)OCCCCCC(C)C)CC1. The fraction of sp³-hybridized carbons (Fsp3) is 0.923. The second kappa shape index (κ2) is 18.0. The molecule has 188 valence electrons. The quantitative estimate of drug-likeness (QED) is 0.174. The Kier molecular flexibility index (Phi) is 16.1. The molecule has 0 N–H and O–H groups in total. The van der Waals surface area contributed by atoms with E-state index in [4.69, 9.17) is 18.9 Å². The smallest absolute Gasteiger partial charge is 0.434 e. The van der Waals surface area contributed by atoms with E-state index in [-0.39, 0.29) is 12.2 Å². The number of hydrogen-bond donors (Lipinski definition) is 0. The summed E-state index contributed by atoms with van der Waals surface area (Å²) in [6, 6.07) is 0. The summed E-state index contributed by atoms with van der Waals surface area (Å²) in [7, 11) is 0. The second-order valence-electron chi connectivity index (χ2n) is 9.69. The lowest BCUT2D eigenvalue weighted by Gasteiger charge is -2.27. The highest BCUT2D eigenvalue weighted by molar-refractivity contribution is 5.60. The first-order valence-electron chi connectivity index (χ1n) is 13.1. The molecule has 1 saturated carbocycles. The number of carbonyl (C=O) groups is 2. The first-order valence-corrected chi connectivity index (χ1v) is 13.1. The Morgan fingerprint density at radius 2 is 1.31 bits per heavy atom. The molecular formula is C26H48O6. The molecule has 1 aliphatic carbocycles. The summed E-state index contributed by atoms with van der Waals surface area (Å²) < 4.78 is 21.5. The zero-order chi connectivity index (χ0) is 23.6. The van der Waals surface area contributed by atoms with Crippen LogP contribution in [0, 0.1) is 11.8 Å². The molecular weight excluding hydrogens is 408 g/mol. The number of rotatable bonds is 16. The van der Waals surface area contributed by atoms with Gasteiger partial charge in [-0.2, -0.15) is 0 Å². The molecule has 1 atom stereocenters. The summed E-state index contributed by atoms with van der Waals surface area (Å²) in [6.07, 6.45) is 12.4. The van der Waals surface area contributed by atoms with Gasteiger partial charge in [0, 0.05) is 0 Å². The Morgan fingerprint density at radius 3 is 1.88 bits per heavy atom. The van der Waals surface area contributed by atoms with Crippen molar-refractivity contribution < 1.29 is 28.5 Å². The van der Waals surface area contributed by atoms with Crippen LogP contribution in [0.2, 0.25) is 0 Å². The van der Waals surface area contributed by atoms with Gasteiger partial charge in [-0.3, -0.25) is 0 Å². The molecule has 0 aromatic carbocycles. The van der Waals surface area contributed by atoms with Gasteiger partial charge in [0.05, 0.1) is 13.2 Å². The molecule has 32 heavy (non-hydrogen) atoms. The molecule has 0 saturated heterocycles. The number of hydrogen-bond acceptors (Lipinski definition) is 6. The van der Waals surface area contributed by atoms with Crippen LogP contribution in [0.15, 0.2) is 0 Å². The number of carbonyl (C=O) groups excluding carboxylic acids is 2. The van der Waals surface area contributed by atoms with E-state index in [0.717, 1.165) is 38.0 Å². The molecule has 0 spiro atoms. The minimum atomic E-state index is -0.581. The van der Waals surface area contributed by atoms with Gasteiger partial charge in [0.1, 0.15) is 12.2 Å². The van der Waals surface area contributed by atoms with Crippen LogP contribution < -0.4 is 0 Å². The molecule has 0 aliphatic heterocycles. The Labute approximate surface area is 196 Å². The van der Waals surface area contributed by atoms with Crippen LogP contribution in [-0.2, 0) is 18.9 Å². The van der Waals surface area contributed by atoms with E-state index in [1.807, 2.05) is 0 Å². The van der Waals surface area contributed by atoms with Gasteiger partial charge in [0.25, 0.3) is 0 Å². The summed E-state index contributed by atoms with van der Waals surface area (Å²) in [5, 5.41) is 0. The molecule has 0 amide bonds. The zero-order valence-corrected chi connectivity index (χ0v) is 21.1. The van der Waals surface area contributed by atoms with Crippen molar-refractivity contribution in [1.82, 2.24) is 0 Å². The lowest BCUT2D eigenvalue weighted by molar-refractivity contribution is -0.0297. The van der Waals surface area contributed by atoms with Gasteiger partial charge < -0.3 is 18.9 Å². The summed E-state index contributed by atoms with van der Waals surface area (Å²) >= 11 is 0. The van der Waals surface area contributed by atoms with Gasteiger partial charge in [-0.25, -0.2) is 9.59 Å². The van der Waals surface area contributed by atoms with Crippen LogP contribution >= 0.6 is 0 Å². The van der Waals surface area contributed by atoms with E-state index in [0.29, 0.717) is 44.8 Å². The molecule has 1 rings (SSSR count). The van der Waals surface area contributed by atoms with E-state index in [2.05, 4.69) is 27.7 Å². The second-order valence-corrected chi connectivity index (χ2v) is 9.69. The summed E-state index contributed by atoms with van der Waals surface area (Å²) in [4.78, 5) is 23.9. The van der Waals surface area contributed by atoms with Crippen LogP contribution in [0.4, 0.5) is 9.59 Å². The van der Waals surface area contributed by atoms with Gasteiger partial charge in [0.15, 0.2) is 0 Å². The Morgan fingerprint density at radius 1 is 0.719 bits per heavy atom. The molecule has 1 fully saturated rings. The highest BCUT2D eigenvalue weighted by atomic mass is 16.7. The van der Waals surface area contributed by atoms with E-state index < -0.39 is 12.3 Å². The average Bonchev–Trinajstić information content (AvgIpc) is 2.76. The highest BCUT2D eigenvalue weighted by Crippen LogP contribution is 2.25. The largest absolute Gasteiger partial charge is 0.508 e. The van der Waals surface area contributed by atoms with Crippen LogP contribution in [-0.4, -0.2) is 37.7 Å². The van der Waals surface area contributed by atoms with Crippen molar-refractivity contribution in [3.05, 3.63) is 0 Å². The summed E-state index contributed by atoms with van der Waals surface area (Å²) in [5.74, 6) is 1.14. The minimum Gasteiger partial charge on any atom is -0.434 e. The third-order valence-electron chi connectivity index (χ3n) is 6.14. The molecule has 1 unspecified atom stereocenters. The Balaban J connectivity index is 2.13. The molecule has 1 aliphatic rings. The van der Waals surface area contributed by atoms with E-state index in [1.54, 1.807) is 0 Å². The highest BCUT2D eigenvalue weighted by Gasteiger charge is 2.27. The minimum absolute atomic E-state index is 0.160. The lowest BCUT2D eigenvalue weighted by atomic mass is 9.95. The van der Waals surface area contributed by atoms with Crippen molar-refractivity contribution in [2.24, 2.45) is 11.8 Å². The van der Waals surface area contributed by atoms with Gasteiger partial charge in [-0.15, -0.1) is 0 Å². The van der Waals surface area contributed by atoms with E-state index in [1.165, 1.54) is 32.1 Å². The third-order valence-corrected chi connectivity index (χ3v) is 6.14. The molecule has 0 aromatic heterocycles. The molecule has 6 nitrogen and oxygen atoms in total. The lowest BCUT2D eigenvalue weighted by Crippen LogP contribution is -2.30. The van der Waals surface area contributed by atoms with Crippen molar-refractivity contribution in [2.75, 3.05) is 13.2 Å². The predicted octanol–water partition coefficient (Wildman–Crippen LogP) is 7.82. The molecule has 0 bridgehead atoms. The van der Waals surface area contributed by atoms with Gasteiger partial charge in [0.2, 0.25) is 0 Å². The average molecular weight is 457 g/mol. The number of ether oxygens (including phenoxy) is 4. The third kappa shape index (κ3) is 14.6. The van der Waals surface area contributed by atoms with E-state index >= 15 is 0 Å². The van der Waals surface area contributed by atoms with Crippen LogP contribution in [0.3, 0.4) is 0 Å². The van der Waals surface area contributed by atoms with Crippen LogP contribution in [0.25, 0.3) is 0 Å². The Bertz CT molecular complexity index is 485.